The molecule has 0 saturated carbocycles. The Morgan fingerprint density at radius 1 is 1.06 bits per heavy atom. The van der Waals surface area contributed by atoms with Gasteiger partial charge in [0.2, 0.25) is 11.8 Å². The van der Waals surface area contributed by atoms with Crippen LogP contribution in [-0.2, 0) is 9.59 Å². The number of para-hydroxylation sites is 2. The van der Waals surface area contributed by atoms with E-state index in [1.807, 2.05) is 43.4 Å². The van der Waals surface area contributed by atoms with Gasteiger partial charge in [-0.2, -0.15) is 0 Å². The number of hydrogen-bond donors (Lipinski definition) is 3. The quantitative estimate of drug-likeness (QED) is 0.564. The van der Waals surface area contributed by atoms with E-state index in [2.05, 4.69) is 33.0 Å². The van der Waals surface area contributed by atoms with Gasteiger partial charge >= 0.3 is 0 Å². The lowest BCUT2D eigenvalue weighted by Gasteiger charge is -2.39. The van der Waals surface area contributed by atoms with Crippen molar-refractivity contribution in [1.82, 2.24) is 15.5 Å². The number of benzene rings is 2. The summed E-state index contributed by atoms with van der Waals surface area (Å²) in [6.45, 7) is 1.81. The van der Waals surface area contributed by atoms with E-state index in [0.717, 1.165) is 24.3 Å². The molecule has 3 amide bonds. The van der Waals surface area contributed by atoms with Gasteiger partial charge in [0, 0.05) is 50.9 Å². The molecule has 2 aliphatic rings. The zero-order valence-electron chi connectivity index (χ0n) is 19.0. The predicted octanol–water partition coefficient (Wildman–Crippen LogP) is 2.19. The number of amides is 3. The Morgan fingerprint density at radius 3 is 2.64 bits per heavy atom. The highest BCUT2D eigenvalue weighted by molar-refractivity contribution is 6.02. The number of nitrogens with one attached hydrogen (secondary N) is 3. The van der Waals surface area contributed by atoms with Crippen LogP contribution < -0.4 is 20.9 Å². The predicted molar refractivity (Wildman–Crippen MR) is 128 cm³/mol. The summed E-state index contributed by atoms with van der Waals surface area (Å²) in [6, 6.07) is 17.5. The van der Waals surface area contributed by atoms with Crippen LogP contribution in [-0.4, -0.2) is 61.5 Å². The van der Waals surface area contributed by atoms with Crippen LogP contribution in [0.15, 0.2) is 54.6 Å². The van der Waals surface area contributed by atoms with E-state index in [-0.39, 0.29) is 30.7 Å². The van der Waals surface area contributed by atoms with Crippen LogP contribution in [0.5, 0.6) is 0 Å². The zero-order valence-corrected chi connectivity index (χ0v) is 19.0. The highest BCUT2D eigenvalue weighted by Crippen LogP contribution is 2.31. The van der Waals surface area contributed by atoms with Crippen molar-refractivity contribution in [1.29, 1.82) is 0 Å². The summed E-state index contributed by atoms with van der Waals surface area (Å²) in [4.78, 5) is 41.5. The molecule has 0 aromatic heterocycles. The number of rotatable bonds is 7. The molecule has 4 rings (SSSR count). The zero-order chi connectivity index (χ0) is 23.3. The van der Waals surface area contributed by atoms with Crippen molar-refractivity contribution in [3.8, 4) is 0 Å². The molecular weight excluding hydrogens is 418 g/mol. The molecule has 2 aliphatic heterocycles. The number of nitrogens with zero attached hydrogens (tertiary/aromatic N) is 2. The molecular formula is C25H31N5O3. The number of carbonyl (C=O) groups is 3. The first-order valence-electron chi connectivity index (χ1n) is 11.5. The minimum absolute atomic E-state index is 0.0357. The van der Waals surface area contributed by atoms with Crippen molar-refractivity contribution in [2.24, 2.45) is 0 Å². The highest BCUT2D eigenvalue weighted by atomic mass is 16.2. The fourth-order valence-corrected chi connectivity index (χ4v) is 4.42. The van der Waals surface area contributed by atoms with Crippen molar-refractivity contribution < 1.29 is 14.4 Å². The van der Waals surface area contributed by atoms with Gasteiger partial charge in [0.1, 0.15) is 5.66 Å². The first kappa shape index (κ1) is 22.6. The minimum atomic E-state index is -0.672. The lowest BCUT2D eigenvalue weighted by molar-refractivity contribution is -0.135. The Morgan fingerprint density at radius 2 is 1.82 bits per heavy atom. The van der Waals surface area contributed by atoms with Crippen molar-refractivity contribution in [2.75, 3.05) is 43.4 Å². The van der Waals surface area contributed by atoms with Gasteiger partial charge < -0.3 is 25.8 Å². The molecule has 2 aromatic carbocycles. The van der Waals surface area contributed by atoms with Crippen LogP contribution in [0.2, 0.25) is 0 Å². The molecule has 1 spiro atoms. The number of carbonyl (C=O) groups excluding carboxylic acids is 3. The largest absolute Gasteiger partial charge is 0.375 e. The molecule has 0 radical (unpaired) electrons. The average molecular weight is 450 g/mol. The Bertz CT molecular complexity index is 1010. The molecule has 1 atom stereocenters. The second-order valence-electron chi connectivity index (χ2n) is 8.73. The third-order valence-electron chi connectivity index (χ3n) is 6.35. The van der Waals surface area contributed by atoms with Crippen LogP contribution in [0.25, 0.3) is 0 Å². The molecule has 33 heavy (non-hydrogen) atoms. The number of hydrogen-bond acceptors (Lipinski definition) is 5. The first-order valence-corrected chi connectivity index (χ1v) is 11.5. The third kappa shape index (κ3) is 5.45. The van der Waals surface area contributed by atoms with Crippen molar-refractivity contribution in [3.63, 3.8) is 0 Å². The molecule has 1 saturated heterocycles. The van der Waals surface area contributed by atoms with E-state index in [1.54, 1.807) is 11.0 Å². The van der Waals surface area contributed by atoms with Gasteiger partial charge in [-0.25, -0.2) is 0 Å². The van der Waals surface area contributed by atoms with Gasteiger partial charge in [0.25, 0.3) is 5.91 Å². The molecule has 2 heterocycles. The molecule has 1 fully saturated rings. The summed E-state index contributed by atoms with van der Waals surface area (Å²) >= 11 is 0. The van der Waals surface area contributed by atoms with E-state index in [1.165, 1.54) is 0 Å². The van der Waals surface area contributed by atoms with Crippen LogP contribution in [0.1, 0.15) is 36.0 Å². The normalized spacial score (nSPS) is 19.8. The van der Waals surface area contributed by atoms with E-state index in [9.17, 15) is 14.4 Å². The molecule has 0 bridgehead atoms. The molecule has 8 nitrogen and oxygen atoms in total. The third-order valence-corrected chi connectivity index (χ3v) is 6.35. The summed E-state index contributed by atoms with van der Waals surface area (Å²) in [5.74, 6) is -0.364. The van der Waals surface area contributed by atoms with E-state index < -0.39 is 5.66 Å². The topological polar surface area (TPSA) is 93.8 Å². The standard InChI is InChI=1S/C25H31N5O3/c1-29(19-8-3-2-4-9-19)16-7-15-26-22(31)18-30-17-14-25(13-12-23(30)32)27-21-11-6-5-10-20(21)24(33)28-25/h2-6,8-11,27H,7,12-18H2,1H3,(H,26,31)(H,28,33). The lowest BCUT2D eigenvalue weighted by Crippen LogP contribution is -2.58. The second kappa shape index (κ2) is 9.94. The maximum Gasteiger partial charge on any atom is 0.255 e. The summed E-state index contributed by atoms with van der Waals surface area (Å²) in [5, 5.41) is 9.41. The smallest absolute Gasteiger partial charge is 0.255 e. The summed E-state index contributed by atoms with van der Waals surface area (Å²) in [5.41, 5.74) is 1.85. The fourth-order valence-electron chi connectivity index (χ4n) is 4.42. The van der Waals surface area contributed by atoms with Crippen LogP contribution in [0, 0.1) is 0 Å². The number of anilines is 2. The van der Waals surface area contributed by atoms with Crippen molar-refractivity contribution in [2.45, 2.75) is 31.3 Å². The maximum absolute atomic E-state index is 12.7. The van der Waals surface area contributed by atoms with Gasteiger partial charge in [0.05, 0.1) is 12.1 Å². The van der Waals surface area contributed by atoms with E-state index >= 15 is 0 Å². The van der Waals surface area contributed by atoms with Crippen LogP contribution >= 0.6 is 0 Å². The molecule has 2 aromatic rings. The second-order valence-corrected chi connectivity index (χ2v) is 8.73. The van der Waals surface area contributed by atoms with Crippen molar-refractivity contribution >= 4 is 29.1 Å². The molecule has 0 aliphatic carbocycles. The Balaban J connectivity index is 1.25. The number of likely N-dealkylation sites (tertiary alicyclic amines) is 1. The SMILES string of the molecule is CN(CCCNC(=O)CN1CCC2(CCC1=O)NC(=O)c1ccccc1N2)c1ccccc1. The molecule has 3 N–H and O–H groups in total. The Kier molecular flexibility index (Phi) is 6.82. The first-order chi connectivity index (χ1) is 16.0. The van der Waals surface area contributed by atoms with Gasteiger partial charge in [-0.15, -0.1) is 0 Å². The number of fused-ring (bicyclic) bond motifs is 1. The van der Waals surface area contributed by atoms with Gasteiger partial charge in [-0.1, -0.05) is 30.3 Å². The Labute approximate surface area is 194 Å². The Hall–Kier alpha value is -3.55. The monoisotopic (exact) mass is 449 g/mol. The van der Waals surface area contributed by atoms with E-state index in [4.69, 9.17) is 0 Å². The van der Waals surface area contributed by atoms with Crippen molar-refractivity contribution in [3.05, 3.63) is 60.2 Å². The van der Waals surface area contributed by atoms with Gasteiger partial charge in [-0.3, -0.25) is 14.4 Å². The van der Waals surface area contributed by atoms with Gasteiger partial charge in [-0.05, 0) is 37.1 Å². The summed E-state index contributed by atoms with van der Waals surface area (Å²) < 4.78 is 0. The van der Waals surface area contributed by atoms with E-state index in [0.29, 0.717) is 31.5 Å². The summed E-state index contributed by atoms with van der Waals surface area (Å²) in [7, 11) is 2.03. The summed E-state index contributed by atoms with van der Waals surface area (Å²) in [6.07, 6.45) is 2.10. The average Bonchev–Trinajstić information content (AvgIpc) is 2.96. The molecule has 8 heteroatoms. The highest BCUT2D eigenvalue weighted by Gasteiger charge is 2.40. The van der Waals surface area contributed by atoms with Crippen LogP contribution in [0.4, 0.5) is 11.4 Å². The van der Waals surface area contributed by atoms with Crippen LogP contribution in [0.3, 0.4) is 0 Å². The molecule has 1 unspecified atom stereocenters. The molecule has 174 valence electrons. The maximum atomic E-state index is 12.7. The van der Waals surface area contributed by atoms with Gasteiger partial charge in [0.15, 0.2) is 0 Å². The minimum Gasteiger partial charge on any atom is -0.375 e. The lowest BCUT2D eigenvalue weighted by atomic mass is 9.95. The fraction of sp³-hybridized carbons (Fsp3) is 0.400.